The molecule has 7 heteroatoms. The minimum Gasteiger partial charge on any atom is -0.365 e. The van der Waals surface area contributed by atoms with Crippen LogP contribution in [0.5, 0.6) is 0 Å². The number of nitrogens with one attached hydrogen (secondary N) is 1. The molecule has 0 saturated carbocycles. The molecule has 1 N–H and O–H groups in total. The van der Waals surface area contributed by atoms with Gasteiger partial charge in [-0.1, -0.05) is 60.2 Å². The van der Waals surface area contributed by atoms with Gasteiger partial charge < -0.3 is 19.5 Å². The molecule has 1 aromatic heterocycles. The van der Waals surface area contributed by atoms with Crippen molar-refractivity contribution in [3.8, 4) is 0 Å². The molecule has 0 spiro atoms. The van der Waals surface area contributed by atoms with E-state index in [1.165, 1.54) is 5.56 Å². The zero-order chi connectivity index (χ0) is 23.5. The fourth-order valence-corrected chi connectivity index (χ4v) is 4.71. The van der Waals surface area contributed by atoms with E-state index < -0.39 is 0 Å². The maximum absolute atomic E-state index is 13.2. The number of ether oxygens (including phenoxy) is 1. The number of aryl methyl sites for hydroxylation is 1. The van der Waals surface area contributed by atoms with Crippen LogP contribution in [0.2, 0.25) is 0 Å². The molecule has 2 aliphatic rings. The van der Waals surface area contributed by atoms with Crippen LogP contribution in [-0.4, -0.2) is 39.4 Å². The van der Waals surface area contributed by atoms with Crippen molar-refractivity contribution in [3.63, 3.8) is 0 Å². The van der Waals surface area contributed by atoms with Gasteiger partial charge in [0.25, 0.3) is 5.91 Å². The van der Waals surface area contributed by atoms with Crippen molar-refractivity contribution < 1.29 is 14.3 Å². The van der Waals surface area contributed by atoms with Crippen molar-refractivity contribution in [2.24, 2.45) is 5.92 Å². The van der Waals surface area contributed by atoms with Crippen LogP contribution in [0.3, 0.4) is 0 Å². The van der Waals surface area contributed by atoms with E-state index in [0.717, 1.165) is 16.8 Å². The average Bonchev–Trinajstić information content (AvgIpc) is 3.32. The Hall–Kier alpha value is -3.45. The van der Waals surface area contributed by atoms with Gasteiger partial charge in [-0.2, -0.15) is 0 Å². The van der Waals surface area contributed by atoms with Crippen molar-refractivity contribution in [1.29, 1.82) is 0 Å². The average molecular weight is 459 g/mol. The Morgan fingerprint density at radius 2 is 1.79 bits per heavy atom. The highest BCUT2D eigenvalue weighted by Crippen LogP contribution is 2.28. The van der Waals surface area contributed by atoms with Crippen LogP contribution in [0.4, 0.5) is 0 Å². The molecule has 176 valence electrons. The van der Waals surface area contributed by atoms with Crippen LogP contribution < -0.4 is 5.32 Å². The van der Waals surface area contributed by atoms with E-state index >= 15 is 0 Å². The van der Waals surface area contributed by atoms with Crippen molar-refractivity contribution >= 4 is 11.8 Å². The highest BCUT2D eigenvalue weighted by Gasteiger charge is 2.32. The number of fused-ring (bicyclic) bond motifs is 1. The summed E-state index contributed by atoms with van der Waals surface area (Å²) >= 11 is 0. The van der Waals surface area contributed by atoms with E-state index in [4.69, 9.17) is 4.74 Å². The SMILES string of the molecule is Cc1ccc(CNC(=O)C2CCN(C(=O)c3ncn4c3COC(c3ccccc3)C4)CC2)cc1. The topological polar surface area (TPSA) is 76.5 Å². The lowest BCUT2D eigenvalue weighted by molar-refractivity contribution is -0.126. The maximum Gasteiger partial charge on any atom is 0.274 e. The summed E-state index contributed by atoms with van der Waals surface area (Å²) in [5, 5.41) is 3.04. The summed E-state index contributed by atoms with van der Waals surface area (Å²) < 4.78 is 8.09. The Morgan fingerprint density at radius 1 is 1.06 bits per heavy atom. The van der Waals surface area contributed by atoms with Gasteiger partial charge in [-0.05, 0) is 30.9 Å². The Bertz CT molecular complexity index is 1150. The van der Waals surface area contributed by atoms with Gasteiger partial charge in [0, 0.05) is 25.6 Å². The molecule has 2 amide bonds. The molecule has 2 aliphatic heterocycles. The number of rotatable bonds is 5. The summed E-state index contributed by atoms with van der Waals surface area (Å²) in [6, 6.07) is 18.3. The third-order valence-electron chi connectivity index (χ3n) is 6.84. The Balaban J connectivity index is 1.15. The molecule has 3 heterocycles. The van der Waals surface area contributed by atoms with E-state index in [9.17, 15) is 9.59 Å². The molecule has 1 atom stereocenters. The first-order chi connectivity index (χ1) is 16.6. The minimum absolute atomic E-state index is 0.0416. The van der Waals surface area contributed by atoms with E-state index in [0.29, 0.717) is 51.3 Å². The van der Waals surface area contributed by atoms with Gasteiger partial charge >= 0.3 is 0 Å². The number of aromatic nitrogens is 2. The van der Waals surface area contributed by atoms with Crippen LogP contribution >= 0.6 is 0 Å². The van der Waals surface area contributed by atoms with Crippen LogP contribution in [0.15, 0.2) is 60.9 Å². The summed E-state index contributed by atoms with van der Waals surface area (Å²) in [5.41, 5.74) is 4.71. The molecule has 0 radical (unpaired) electrons. The highest BCUT2D eigenvalue weighted by atomic mass is 16.5. The van der Waals surface area contributed by atoms with Gasteiger partial charge in [0.2, 0.25) is 5.91 Å². The van der Waals surface area contributed by atoms with Crippen LogP contribution in [-0.2, 0) is 29.2 Å². The van der Waals surface area contributed by atoms with Crippen LogP contribution in [0.1, 0.15) is 51.8 Å². The van der Waals surface area contributed by atoms with E-state index in [1.54, 1.807) is 6.33 Å². The molecular weight excluding hydrogens is 428 g/mol. The minimum atomic E-state index is -0.0750. The first-order valence-corrected chi connectivity index (χ1v) is 11.9. The lowest BCUT2D eigenvalue weighted by atomic mass is 9.95. The number of nitrogens with zero attached hydrogens (tertiary/aromatic N) is 3. The number of imidazole rings is 1. The van der Waals surface area contributed by atoms with Crippen LogP contribution in [0.25, 0.3) is 0 Å². The third kappa shape index (κ3) is 4.75. The number of carbonyl (C=O) groups is 2. The van der Waals surface area contributed by atoms with Crippen molar-refractivity contribution in [2.45, 2.75) is 45.6 Å². The molecule has 5 rings (SSSR count). The number of carbonyl (C=O) groups excluding carboxylic acids is 2. The Kier molecular flexibility index (Phi) is 6.45. The van der Waals surface area contributed by atoms with E-state index in [2.05, 4.69) is 22.4 Å². The highest BCUT2D eigenvalue weighted by molar-refractivity contribution is 5.93. The lowest BCUT2D eigenvalue weighted by Crippen LogP contribution is -2.43. The van der Waals surface area contributed by atoms with Crippen LogP contribution in [0, 0.1) is 12.8 Å². The first kappa shape index (κ1) is 22.3. The lowest BCUT2D eigenvalue weighted by Gasteiger charge is -2.31. The number of benzene rings is 2. The zero-order valence-corrected chi connectivity index (χ0v) is 19.4. The molecule has 7 nitrogen and oxygen atoms in total. The zero-order valence-electron chi connectivity index (χ0n) is 19.4. The monoisotopic (exact) mass is 458 g/mol. The summed E-state index contributed by atoms with van der Waals surface area (Å²) in [6.07, 6.45) is 3.02. The van der Waals surface area contributed by atoms with E-state index in [1.807, 2.05) is 58.9 Å². The molecule has 0 aliphatic carbocycles. The number of hydrogen-bond acceptors (Lipinski definition) is 4. The van der Waals surface area contributed by atoms with Crippen molar-refractivity contribution in [2.75, 3.05) is 13.1 Å². The second kappa shape index (κ2) is 9.81. The second-order valence-electron chi connectivity index (χ2n) is 9.17. The summed E-state index contributed by atoms with van der Waals surface area (Å²) in [4.78, 5) is 32.1. The molecule has 1 unspecified atom stereocenters. The maximum atomic E-state index is 13.2. The quantitative estimate of drug-likeness (QED) is 0.634. The third-order valence-corrected chi connectivity index (χ3v) is 6.84. The molecule has 0 bridgehead atoms. The van der Waals surface area contributed by atoms with Gasteiger partial charge in [-0.15, -0.1) is 0 Å². The molecule has 2 aromatic carbocycles. The largest absolute Gasteiger partial charge is 0.365 e. The fraction of sp³-hybridized carbons (Fsp3) is 0.370. The van der Waals surface area contributed by atoms with Gasteiger partial charge in [0.15, 0.2) is 5.69 Å². The molecule has 1 saturated heterocycles. The van der Waals surface area contributed by atoms with E-state index in [-0.39, 0.29) is 23.8 Å². The van der Waals surface area contributed by atoms with Gasteiger partial charge in [0.1, 0.15) is 6.10 Å². The number of amides is 2. The Morgan fingerprint density at radius 3 is 2.53 bits per heavy atom. The summed E-state index contributed by atoms with van der Waals surface area (Å²) in [7, 11) is 0. The first-order valence-electron chi connectivity index (χ1n) is 11.9. The number of hydrogen-bond donors (Lipinski definition) is 1. The standard InChI is InChI=1S/C27H30N4O3/c1-19-7-9-20(10-8-19)15-28-26(32)22-11-13-30(14-12-22)27(33)25-23-17-34-24(16-31(23)18-29-25)21-5-3-2-4-6-21/h2-10,18,22,24H,11-17H2,1H3,(H,28,32). The molecule has 34 heavy (non-hydrogen) atoms. The van der Waals surface area contributed by atoms with Gasteiger partial charge in [0.05, 0.1) is 25.2 Å². The fourth-order valence-electron chi connectivity index (χ4n) is 4.71. The van der Waals surface area contributed by atoms with Gasteiger partial charge in [-0.25, -0.2) is 4.98 Å². The predicted octanol–water partition coefficient (Wildman–Crippen LogP) is 3.63. The molecule has 3 aromatic rings. The predicted molar refractivity (Wildman–Crippen MR) is 128 cm³/mol. The van der Waals surface area contributed by atoms with Gasteiger partial charge in [-0.3, -0.25) is 9.59 Å². The summed E-state index contributed by atoms with van der Waals surface area (Å²) in [5.74, 6) is -0.0817. The smallest absolute Gasteiger partial charge is 0.274 e. The van der Waals surface area contributed by atoms with Crippen molar-refractivity contribution in [3.05, 3.63) is 89.0 Å². The van der Waals surface area contributed by atoms with Crippen molar-refractivity contribution in [1.82, 2.24) is 19.8 Å². The molecular formula is C27H30N4O3. The molecule has 1 fully saturated rings. The number of likely N-dealkylation sites (tertiary alicyclic amines) is 1. The number of piperidine rings is 1. The second-order valence-corrected chi connectivity index (χ2v) is 9.17. The Labute approximate surface area is 199 Å². The normalized spacial score (nSPS) is 18.4. The summed E-state index contributed by atoms with van der Waals surface area (Å²) in [6.45, 7) is 4.69.